The maximum absolute atomic E-state index is 12.1. The van der Waals surface area contributed by atoms with Gasteiger partial charge in [-0.25, -0.2) is 0 Å². The predicted molar refractivity (Wildman–Crippen MR) is 80.2 cm³/mol. The second-order valence-corrected chi connectivity index (χ2v) is 5.18. The zero-order valence-corrected chi connectivity index (χ0v) is 12.3. The van der Waals surface area contributed by atoms with Crippen molar-refractivity contribution in [2.24, 2.45) is 0 Å². The monoisotopic (exact) mass is 354 g/mol. The summed E-state index contributed by atoms with van der Waals surface area (Å²) in [5, 5.41) is 13.8. The van der Waals surface area contributed by atoms with Crippen molar-refractivity contribution < 1.29 is 9.72 Å². The van der Waals surface area contributed by atoms with Crippen LogP contribution in [0.15, 0.2) is 46.9 Å². The lowest BCUT2D eigenvalue weighted by Crippen LogP contribution is -2.12. The normalized spacial score (nSPS) is 10.1. The molecule has 0 aromatic heterocycles. The molecule has 0 atom stereocenters. The predicted octanol–water partition coefficient (Wildman–Crippen LogP) is 4.26. The number of nitrogens with one attached hydrogen (secondary N) is 1. The van der Waals surface area contributed by atoms with E-state index in [-0.39, 0.29) is 11.3 Å². The number of halogens is 2. The molecule has 20 heavy (non-hydrogen) atoms. The van der Waals surface area contributed by atoms with Gasteiger partial charge in [0.2, 0.25) is 0 Å². The van der Waals surface area contributed by atoms with Gasteiger partial charge in [-0.3, -0.25) is 14.9 Å². The summed E-state index contributed by atoms with van der Waals surface area (Å²) in [6.45, 7) is 0. The van der Waals surface area contributed by atoms with E-state index in [0.717, 1.165) is 0 Å². The van der Waals surface area contributed by atoms with Gasteiger partial charge >= 0.3 is 0 Å². The van der Waals surface area contributed by atoms with Crippen molar-refractivity contribution in [2.45, 2.75) is 0 Å². The summed E-state index contributed by atoms with van der Waals surface area (Å²) in [5.41, 5.74) is 0.546. The van der Waals surface area contributed by atoms with Crippen molar-refractivity contribution in [3.8, 4) is 0 Å². The molecule has 0 radical (unpaired) electrons. The van der Waals surface area contributed by atoms with E-state index >= 15 is 0 Å². The minimum atomic E-state index is -0.553. The average Bonchev–Trinajstić information content (AvgIpc) is 2.38. The first-order chi connectivity index (χ1) is 9.47. The van der Waals surface area contributed by atoms with Gasteiger partial charge in [0, 0.05) is 27.3 Å². The van der Waals surface area contributed by atoms with Crippen molar-refractivity contribution in [3.05, 3.63) is 67.6 Å². The molecular weight excluding hydrogens is 348 g/mol. The lowest BCUT2D eigenvalue weighted by molar-refractivity contribution is -0.384. The van der Waals surface area contributed by atoms with E-state index in [4.69, 9.17) is 11.6 Å². The third kappa shape index (κ3) is 3.34. The topological polar surface area (TPSA) is 72.2 Å². The highest BCUT2D eigenvalue weighted by Crippen LogP contribution is 2.24. The summed E-state index contributed by atoms with van der Waals surface area (Å²) in [6, 6.07) is 10.6. The number of benzene rings is 2. The number of nitro groups is 1. The number of nitrogens with zero attached hydrogens (tertiary/aromatic N) is 1. The number of non-ortho nitro benzene ring substituents is 1. The van der Waals surface area contributed by atoms with Crippen LogP contribution in [0.25, 0.3) is 0 Å². The van der Waals surface area contributed by atoms with Crippen LogP contribution in [0.4, 0.5) is 11.4 Å². The van der Waals surface area contributed by atoms with Gasteiger partial charge in [-0.1, -0.05) is 17.7 Å². The van der Waals surface area contributed by atoms with Gasteiger partial charge < -0.3 is 5.32 Å². The maximum atomic E-state index is 12.1. The first-order valence-electron chi connectivity index (χ1n) is 5.48. The molecule has 0 heterocycles. The molecule has 0 aliphatic carbocycles. The molecule has 0 spiro atoms. The van der Waals surface area contributed by atoms with Gasteiger partial charge in [0.1, 0.15) is 0 Å². The lowest BCUT2D eigenvalue weighted by atomic mass is 10.2. The number of amides is 1. The zero-order valence-electron chi connectivity index (χ0n) is 9.97. The third-order valence-corrected chi connectivity index (χ3v) is 3.41. The molecule has 1 N–H and O–H groups in total. The van der Waals surface area contributed by atoms with Gasteiger partial charge in [-0.05, 0) is 40.2 Å². The molecule has 0 aliphatic rings. The molecule has 0 aliphatic heterocycles. The number of carbonyl (C=O) groups excluding carboxylic acids is 1. The largest absolute Gasteiger partial charge is 0.322 e. The van der Waals surface area contributed by atoms with Crippen molar-refractivity contribution in [1.29, 1.82) is 0 Å². The quantitative estimate of drug-likeness (QED) is 0.660. The van der Waals surface area contributed by atoms with E-state index in [2.05, 4.69) is 21.2 Å². The highest BCUT2D eigenvalue weighted by molar-refractivity contribution is 9.10. The van der Waals surface area contributed by atoms with Crippen LogP contribution in [0.3, 0.4) is 0 Å². The van der Waals surface area contributed by atoms with E-state index in [9.17, 15) is 14.9 Å². The molecule has 5 nitrogen and oxygen atoms in total. The van der Waals surface area contributed by atoms with Gasteiger partial charge in [0.25, 0.3) is 11.6 Å². The molecule has 102 valence electrons. The fraction of sp³-hybridized carbons (Fsp3) is 0. The summed E-state index contributed by atoms with van der Waals surface area (Å²) in [4.78, 5) is 22.3. The minimum Gasteiger partial charge on any atom is -0.322 e. The molecular formula is C13H8BrClN2O3. The minimum absolute atomic E-state index is 0.149. The Morgan fingerprint density at radius 3 is 2.65 bits per heavy atom. The molecule has 7 heteroatoms. The lowest BCUT2D eigenvalue weighted by Gasteiger charge is -2.07. The Morgan fingerprint density at radius 1 is 1.25 bits per heavy atom. The van der Waals surface area contributed by atoms with Gasteiger partial charge in [-0.2, -0.15) is 0 Å². The number of hydrogen-bond donors (Lipinski definition) is 1. The van der Waals surface area contributed by atoms with Gasteiger partial charge in [0.15, 0.2) is 0 Å². The molecule has 0 fully saturated rings. The number of hydrogen-bond acceptors (Lipinski definition) is 3. The molecule has 2 rings (SSSR count). The Kier molecular flexibility index (Phi) is 4.36. The molecule has 0 unspecified atom stereocenters. The van der Waals surface area contributed by atoms with Crippen LogP contribution in [0.5, 0.6) is 0 Å². The highest BCUT2D eigenvalue weighted by Gasteiger charge is 2.15. The van der Waals surface area contributed by atoms with Crippen LogP contribution in [0.1, 0.15) is 10.4 Å². The van der Waals surface area contributed by atoms with Crippen LogP contribution < -0.4 is 5.32 Å². The smallest absolute Gasteiger partial charge is 0.270 e. The Balaban J connectivity index is 2.29. The fourth-order valence-electron chi connectivity index (χ4n) is 1.57. The zero-order chi connectivity index (χ0) is 14.7. The van der Waals surface area contributed by atoms with Gasteiger partial charge in [-0.15, -0.1) is 0 Å². The summed E-state index contributed by atoms with van der Waals surface area (Å²) in [7, 11) is 0. The molecule has 0 saturated heterocycles. The molecule has 2 aromatic rings. The van der Waals surface area contributed by atoms with E-state index in [1.807, 2.05) is 0 Å². The van der Waals surface area contributed by atoms with E-state index in [1.54, 1.807) is 24.3 Å². The first-order valence-corrected chi connectivity index (χ1v) is 6.65. The number of rotatable bonds is 3. The van der Waals surface area contributed by atoms with Crippen molar-refractivity contribution in [3.63, 3.8) is 0 Å². The number of anilines is 1. The van der Waals surface area contributed by atoms with Crippen molar-refractivity contribution >= 4 is 44.8 Å². The number of nitro benzene ring substituents is 1. The van der Waals surface area contributed by atoms with E-state index < -0.39 is 10.8 Å². The summed E-state index contributed by atoms with van der Waals surface area (Å²) in [6.07, 6.45) is 0. The Hall–Kier alpha value is -1.92. The molecule has 2 aromatic carbocycles. The third-order valence-electron chi connectivity index (χ3n) is 2.49. The summed E-state index contributed by atoms with van der Waals surface area (Å²) >= 11 is 9.02. The van der Waals surface area contributed by atoms with Crippen molar-refractivity contribution in [2.75, 3.05) is 5.32 Å². The Morgan fingerprint density at radius 2 is 2.00 bits per heavy atom. The van der Waals surface area contributed by atoms with Crippen molar-refractivity contribution in [1.82, 2.24) is 0 Å². The Bertz CT molecular complexity index is 691. The highest BCUT2D eigenvalue weighted by atomic mass is 79.9. The SMILES string of the molecule is O=C(Nc1cccc(Cl)c1)c1cc([N+](=O)[O-])ccc1Br. The Labute approximate surface area is 127 Å². The standard InChI is InChI=1S/C13H8BrClN2O3/c14-12-5-4-10(17(19)20)7-11(12)13(18)16-9-3-1-2-8(15)6-9/h1-7H,(H,16,18). The first kappa shape index (κ1) is 14.5. The summed E-state index contributed by atoms with van der Waals surface area (Å²) in [5.74, 6) is -0.456. The molecule has 0 bridgehead atoms. The molecule has 0 saturated carbocycles. The van der Waals surface area contributed by atoms with E-state index in [1.165, 1.54) is 18.2 Å². The van der Waals surface area contributed by atoms with Crippen LogP contribution in [-0.2, 0) is 0 Å². The van der Waals surface area contributed by atoms with Gasteiger partial charge in [0.05, 0.1) is 10.5 Å². The number of carbonyl (C=O) groups is 1. The second-order valence-electron chi connectivity index (χ2n) is 3.89. The second kappa shape index (κ2) is 6.02. The summed E-state index contributed by atoms with van der Waals surface area (Å²) < 4.78 is 0.475. The van der Waals surface area contributed by atoms with Crippen LogP contribution in [0.2, 0.25) is 5.02 Å². The fourth-order valence-corrected chi connectivity index (χ4v) is 2.18. The van der Waals surface area contributed by atoms with E-state index in [0.29, 0.717) is 15.2 Å². The average molecular weight is 356 g/mol. The maximum Gasteiger partial charge on any atom is 0.270 e. The molecule has 1 amide bonds. The van der Waals surface area contributed by atoms with Crippen LogP contribution in [0, 0.1) is 10.1 Å². The van der Waals surface area contributed by atoms with Crippen LogP contribution in [-0.4, -0.2) is 10.8 Å². The van der Waals surface area contributed by atoms with Crippen LogP contribution >= 0.6 is 27.5 Å².